The minimum absolute atomic E-state index is 0.0259. The van der Waals surface area contributed by atoms with Gasteiger partial charge in [0.15, 0.2) is 0 Å². The van der Waals surface area contributed by atoms with Crippen molar-refractivity contribution in [3.8, 4) is 0 Å². The molecule has 0 spiro atoms. The molecule has 0 aromatic carbocycles. The molecule has 3 atom stereocenters. The van der Waals surface area contributed by atoms with Crippen molar-refractivity contribution in [2.75, 3.05) is 0 Å². The summed E-state index contributed by atoms with van der Waals surface area (Å²) in [5.41, 5.74) is 0. The fraction of sp³-hybridized carbons (Fsp3) is 1.00. The smallest absolute Gasteiger partial charge is 0.00458 e. The standard InChI is InChI=1S/C16H36BrP5/c1-13(2,3)18(17)22-20(15(7,8)9)19(14(4,5)6)21(22)16(10,11)12/h1-12H3. The summed E-state index contributed by atoms with van der Waals surface area (Å²) in [6, 6.07) is 0. The molecule has 1 heterocycles. The summed E-state index contributed by atoms with van der Waals surface area (Å²) in [6.45, 7) is 30.3. The summed E-state index contributed by atoms with van der Waals surface area (Å²) in [5.74, 6) is 0. The predicted octanol–water partition coefficient (Wildman–Crippen LogP) is 10.5. The SMILES string of the molecule is CC(C)(C)P(Br)P1P(C(C)(C)C)P(C(C)(C)C)P1C(C)(C)C. The highest BCUT2D eigenvalue weighted by atomic mass is 79.9. The Bertz CT molecular complexity index is 375. The second-order valence-corrected chi connectivity index (χ2v) is 39.7. The van der Waals surface area contributed by atoms with Crippen molar-refractivity contribution in [1.29, 1.82) is 0 Å². The molecule has 0 nitrogen and oxygen atoms in total. The third-order valence-electron chi connectivity index (χ3n) is 3.21. The maximum Gasteiger partial charge on any atom is 0.00458 e. The molecule has 6 heteroatoms. The van der Waals surface area contributed by atoms with Crippen LogP contribution in [0.25, 0.3) is 0 Å². The molecular formula is C16H36BrP5. The van der Waals surface area contributed by atoms with Crippen LogP contribution in [0.2, 0.25) is 0 Å². The first-order chi connectivity index (χ1) is 9.40. The number of rotatable bonds is 1. The molecule has 1 aliphatic heterocycles. The van der Waals surface area contributed by atoms with Crippen LogP contribution in [0.5, 0.6) is 0 Å². The molecule has 0 N–H and O–H groups in total. The molecule has 1 rings (SSSR count). The molecule has 3 unspecified atom stereocenters. The molecule has 0 radical (unpaired) electrons. The van der Waals surface area contributed by atoms with Crippen molar-refractivity contribution in [3.05, 3.63) is 0 Å². The Morgan fingerprint density at radius 3 is 1.00 bits per heavy atom. The van der Waals surface area contributed by atoms with Gasteiger partial charge in [-0.05, 0) is 49.5 Å². The van der Waals surface area contributed by atoms with E-state index in [0.29, 0.717) is 20.6 Å². The van der Waals surface area contributed by atoms with Gasteiger partial charge < -0.3 is 0 Å². The molecule has 0 amide bonds. The van der Waals surface area contributed by atoms with E-state index in [2.05, 4.69) is 98.6 Å². The van der Waals surface area contributed by atoms with E-state index < -0.39 is 0 Å². The zero-order valence-corrected chi connectivity index (χ0v) is 22.7. The van der Waals surface area contributed by atoms with E-state index in [4.69, 9.17) is 0 Å². The van der Waals surface area contributed by atoms with Gasteiger partial charge in [-0.25, -0.2) is 0 Å². The van der Waals surface area contributed by atoms with Gasteiger partial charge in [0.1, 0.15) is 0 Å². The van der Waals surface area contributed by atoms with E-state index >= 15 is 0 Å². The molecule has 0 bridgehead atoms. The van der Waals surface area contributed by atoms with E-state index in [1.165, 1.54) is 0 Å². The van der Waals surface area contributed by atoms with E-state index in [9.17, 15) is 0 Å². The largest absolute Gasteiger partial charge is 0.0555 e. The third-order valence-corrected chi connectivity index (χ3v) is 64.8. The molecule has 0 aliphatic carbocycles. The summed E-state index contributed by atoms with van der Waals surface area (Å²) in [4.78, 5) is 0. The third kappa shape index (κ3) is 4.87. The van der Waals surface area contributed by atoms with Crippen molar-refractivity contribution in [2.45, 2.75) is 104 Å². The van der Waals surface area contributed by atoms with Gasteiger partial charge in [-0.1, -0.05) is 98.6 Å². The summed E-state index contributed by atoms with van der Waals surface area (Å²) in [5, 5.41) is 2.00. The van der Waals surface area contributed by atoms with Gasteiger partial charge in [0.2, 0.25) is 0 Å². The van der Waals surface area contributed by atoms with Crippen LogP contribution in [0.15, 0.2) is 0 Å². The second-order valence-electron chi connectivity index (χ2n) is 10.1. The normalized spacial score (nSPS) is 32.6. The van der Waals surface area contributed by atoms with Gasteiger partial charge in [0.05, 0.1) is 0 Å². The molecule has 22 heavy (non-hydrogen) atoms. The van der Waals surface area contributed by atoms with Crippen LogP contribution < -0.4 is 0 Å². The van der Waals surface area contributed by atoms with Crippen LogP contribution in [0.3, 0.4) is 0 Å². The lowest BCUT2D eigenvalue weighted by atomic mass is 10.3. The van der Waals surface area contributed by atoms with E-state index in [0.717, 1.165) is 0 Å². The minimum atomic E-state index is -0.0259. The molecule has 0 aromatic heterocycles. The molecule has 1 fully saturated rings. The van der Waals surface area contributed by atoms with E-state index in [-0.39, 0.29) is 35.2 Å². The lowest BCUT2D eigenvalue weighted by molar-refractivity contribution is 0.776. The summed E-state index contributed by atoms with van der Waals surface area (Å²) in [6.07, 6.45) is -0.0259. The lowest BCUT2D eigenvalue weighted by Crippen LogP contribution is -2.26. The monoisotopic (exact) mass is 462 g/mol. The Morgan fingerprint density at radius 1 is 0.545 bits per heavy atom. The highest BCUT2D eigenvalue weighted by Gasteiger charge is 2.64. The summed E-state index contributed by atoms with van der Waals surface area (Å²) < 4.78 is 0. The Morgan fingerprint density at radius 2 is 0.818 bits per heavy atom. The average molecular weight is 463 g/mol. The van der Waals surface area contributed by atoms with Crippen LogP contribution in [0.4, 0.5) is 0 Å². The molecule has 1 aliphatic rings. The van der Waals surface area contributed by atoms with Crippen LogP contribution in [-0.4, -0.2) is 20.6 Å². The van der Waals surface area contributed by atoms with Gasteiger partial charge in [-0.2, -0.15) is 0 Å². The zero-order valence-electron chi connectivity index (χ0n) is 16.6. The lowest BCUT2D eigenvalue weighted by Gasteiger charge is -2.67. The fourth-order valence-corrected chi connectivity index (χ4v) is 89.6. The summed E-state index contributed by atoms with van der Waals surface area (Å²) >= 11 is 4.27. The zero-order chi connectivity index (χ0) is 17.9. The first-order valence-corrected chi connectivity index (χ1v) is 20.3. The topological polar surface area (TPSA) is 0 Å². The first kappa shape index (κ1) is 22.7. The number of hydrogen-bond donors (Lipinski definition) is 0. The van der Waals surface area contributed by atoms with Gasteiger partial charge in [-0.15, -0.1) is 0 Å². The second kappa shape index (κ2) is 6.98. The quantitative estimate of drug-likeness (QED) is 0.340. The van der Waals surface area contributed by atoms with Crippen LogP contribution >= 0.6 is 50.7 Å². The van der Waals surface area contributed by atoms with Crippen LogP contribution in [0.1, 0.15) is 83.1 Å². The molecule has 0 saturated carbocycles. The average Bonchev–Trinajstić information content (AvgIpc) is 2.05. The van der Waals surface area contributed by atoms with Gasteiger partial charge >= 0.3 is 0 Å². The maximum atomic E-state index is 4.27. The van der Waals surface area contributed by atoms with Gasteiger partial charge in [-0.3, -0.25) is 0 Å². The molecule has 132 valence electrons. The Kier molecular flexibility index (Phi) is 7.20. The number of halogens is 1. The molecule has 0 aromatic rings. The van der Waals surface area contributed by atoms with Crippen molar-refractivity contribution in [2.24, 2.45) is 0 Å². The fourth-order valence-electron chi connectivity index (χ4n) is 2.37. The van der Waals surface area contributed by atoms with Gasteiger partial charge in [0, 0.05) is 6.31 Å². The minimum Gasteiger partial charge on any atom is -0.0555 e. The summed E-state index contributed by atoms with van der Waals surface area (Å²) in [7, 11) is 0.543. The highest BCUT2D eigenvalue weighted by molar-refractivity contribution is 9.52. The van der Waals surface area contributed by atoms with E-state index in [1.807, 2.05) is 0 Å². The Hall–Kier alpha value is 2.63. The Labute approximate surface area is 154 Å². The van der Waals surface area contributed by atoms with Gasteiger partial charge in [0.25, 0.3) is 0 Å². The number of hydrogen-bond acceptors (Lipinski definition) is 0. The maximum absolute atomic E-state index is 4.27. The molecular weight excluding hydrogens is 427 g/mol. The van der Waals surface area contributed by atoms with E-state index in [1.54, 1.807) is 0 Å². The predicted molar refractivity (Wildman–Crippen MR) is 123 cm³/mol. The van der Waals surface area contributed by atoms with Crippen molar-refractivity contribution < 1.29 is 0 Å². The van der Waals surface area contributed by atoms with Crippen LogP contribution in [-0.2, 0) is 0 Å². The van der Waals surface area contributed by atoms with Crippen molar-refractivity contribution in [1.82, 2.24) is 0 Å². The first-order valence-electron chi connectivity index (χ1n) is 8.06. The highest BCUT2D eigenvalue weighted by Crippen LogP contribution is 3.32. The Balaban J connectivity index is 3.37. The van der Waals surface area contributed by atoms with Crippen molar-refractivity contribution in [3.63, 3.8) is 0 Å². The van der Waals surface area contributed by atoms with Crippen LogP contribution in [0, 0.1) is 0 Å². The van der Waals surface area contributed by atoms with Crippen molar-refractivity contribution >= 4 is 50.7 Å². The molecule has 1 saturated heterocycles.